The van der Waals surface area contributed by atoms with Crippen LogP contribution < -0.4 is 10.5 Å². The third-order valence-electron chi connectivity index (χ3n) is 3.67. The topological polar surface area (TPSA) is 102 Å². The number of carbonyl (C=O) groups is 1. The summed E-state index contributed by atoms with van der Waals surface area (Å²) in [5, 5.41) is 8.99. The number of hydrogen-bond donors (Lipinski definition) is 2. The van der Waals surface area contributed by atoms with E-state index in [2.05, 4.69) is 10.3 Å². The average molecular weight is 376 g/mol. The zero-order valence-corrected chi connectivity index (χ0v) is 14.7. The van der Waals surface area contributed by atoms with E-state index in [-0.39, 0.29) is 4.90 Å². The fourth-order valence-electron chi connectivity index (χ4n) is 2.51. The number of nitrogens with two attached hydrogens (primary N) is 1. The van der Waals surface area contributed by atoms with Gasteiger partial charge in [-0.05, 0) is 42.8 Å². The summed E-state index contributed by atoms with van der Waals surface area (Å²) >= 11 is 6.07. The molecule has 6 nitrogen and oxygen atoms in total. The van der Waals surface area contributed by atoms with Crippen molar-refractivity contribution in [3.05, 3.63) is 64.8 Å². The number of sulfonamides is 1. The molecule has 3 N–H and O–H groups in total. The number of pyridine rings is 1. The van der Waals surface area contributed by atoms with Gasteiger partial charge in [-0.1, -0.05) is 23.7 Å². The molecule has 128 valence electrons. The van der Waals surface area contributed by atoms with E-state index in [0.717, 1.165) is 5.39 Å². The van der Waals surface area contributed by atoms with Crippen LogP contribution >= 0.6 is 11.6 Å². The molecular weight excluding hydrogens is 362 g/mol. The molecule has 0 radical (unpaired) electrons. The summed E-state index contributed by atoms with van der Waals surface area (Å²) in [5.74, 6) is -0.449. The van der Waals surface area contributed by atoms with Crippen LogP contribution in [-0.4, -0.2) is 19.3 Å². The van der Waals surface area contributed by atoms with Crippen molar-refractivity contribution in [3.8, 4) is 0 Å². The summed E-state index contributed by atoms with van der Waals surface area (Å²) in [6, 6.07) is 11.3. The zero-order valence-electron chi connectivity index (χ0n) is 13.2. The number of amides is 1. The van der Waals surface area contributed by atoms with Gasteiger partial charge in [0.1, 0.15) is 0 Å². The van der Waals surface area contributed by atoms with E-state index in [4.69, 9.17) is 16.7 Å². The molecule has 0 bridgehead atoms. The van der Waals surface area contributed by atoms with Crippen molar-refractivity contribution in [1.29, 1.82) is 0 Å². The van der Waals surface area contributed by atoms with Crippen LogP contribution in [0.5, 0.6) is 0 Å². The Morgan fingerprint density at radius 3 is 2.68 bits per heavy atom. The SMILES string of the molecule is Cc1ccc(NC(=O)c2cc(Cl)cc3cccnc23)cc1S(N)(=O)=O. The Bertz CT molecular complexity index is 1100. The first kappa shape index (κ1) is 17.3. The molecule has 3 aromatic rings. The number of rotatable bonds is 3. The Hall–Kier alpha value is -2.48. The smallest absolute Gasteiger partial charge is 0.257 e. The van der Waals surface area contributed by atoms with Gasteiger partial charge in [-0.25, -0.2) is 13.6 Å². The minimum atomic E-state index is -3.88. The number of fused-ring (bicyclic) bond motifs is 1. The van der Waals surface area contributed by atoms with E-state index >= 15 is 0 Å². The molecule has 0 atom stereocenters. The standard InChI is InChI=1S/C17H14ClN3O3S/c1-10-4-5-13(9-15(10)25(19,23)24)21-17(22)14-8-12(18)7-11-3-2-6-20-16(11)14/h2-9H,1H3,(H,21,22)(H2,19,23,24). The lowest BCUT2D eigenvalue weighted by Gasteiger charge is -2.10. The molecule has 1 heterocycles. The molecule has 0 saturated carbocycles. The van der Waals surface area contributed by atoms with Crippen molar-refractivity contribution in [2.45, 2.75) is 11.8 Å². The van der Waals surface area contributed by atoms with Crippen LogP contribution in [-0.2, 0) is 10.0 Å². The second-order valence-electron chi connectivity index (χ2n) is 5.51. The maximum absolute atomic E-state index is 12.6. The summed E-state index contributed by atoms with van der Waals surface area (Å²) in [6.07, 6.45) is 1.58. The summed E-state index contributed by atoms with van der Waals surface area (Å²) in [7, 11) is -3.88. The first-order valence-electron chi connectivity index (χ1n) is 7.25. The third-order valence-corrected chi connectivity index (χ3v) is 4.94. The Labute approximate surface area is 149 Å². The molecular formula is C17H14ClN3O3S. The molecule has 2 aromatic carbocycles. The Balaban J connectivity index is 2.02. The highest BCUT2D eigenvalue weighted by Gasteiger charge is 2.16. The van der Waals surface area contributed by atoms with Gasteiger partial charge in [0.2, 0.25) is 10.0 Å². The van der Waals surface area contributed by atoms with Crippen LogP contribution in [0.1, 0.15) is 15.9 Å². The van der Waals surface area contributed by atoms with E-state index in [1.165, 1.54) is 12.1 Å². The molecule has 0 aliphatic heterocycles. The monoisotopic (exact) mass is 375 g/mol. The molecule has 0 aliphatic carbocycles. The lowest BCUT2D eigenvalue weighted by molar-refractivity contribution is 0.102. The fraction of sp³-hybridized carbons (Fsp3) is 0.0588. The predicted molar refractivity (Wildman–Crippen MR) is 97.3 cm³/mol. The van der Waals surface area contributed by atoms with Crippen molar-refractivity contribution < 1.29 is 13.2 Å². The summed E-state index contributed by atoms with van der Waals surface area (Å²) in [5.41, 5.74) is 1.60. The third kappa shape index (κ3) is 3.63. The zero-order chi connectivity index (χ0) is 18.2. The lowest BCUT2D eigenvalue weighted by Crippen LogP contribution is -2.16. The van der Waals surface area contributed by atoms with E-state index in [0.29, 0.717) is 27.4 Å². The van der Waals surface area contributed by atoms with Gasteiger partial charge in [-0.3, -0.25) is 9.78 Å². The number of primary sulfonamides is 1. The molecule has 1 aromatic heterocycles. The van der Waals surface area contributed by atoms with E-state index in [9.17, 15) is 13.2 Å². The lowest BCUT2D eigenvalue weighted by atomic mass is 10.1. The van der Waals surface area contributed by atoms with Gasteiger partial charge < -0.3 is 5.32 Å². The van der Waals surface area contributed by atoms with E-state index in [1.807, 2.05) is 0 Å². The highest BCUT2D eigenvalue weighted by molar-refractivity contribution is 7.89. The Morgan fingerprint density at radius 2 is 1.96 bits per heavy atom. The molecule has 0 fully saturated rings. The van der Waals surface area contributed by atoms with Gasteiger partial charge in [0, 0.05) is 22.3 Å². The number of benzene rings is 2. The maximum Gasteiger partial charge on any atom is 0.257 e. The molecule has 8 heteroatoms. The number of aromatic nitrogens is 1. The first-order chi connectivity index (χ1) is 11.8. The maximum atomic E-state index is 12.6. The molecule has 1 amide bonds. The number of nitrogens with one attached hydrogen (secondary N) is 1. The number of carbonyl (C=O) groups excluding carboxylic acids is 1. The molecule has 25 heavy (non-hydrogen) atoms. The molecule has 0 aliphatic rings. The van der Waals surface area contributed by atoms with Crippen LogP contribution in [0.2, 0.25) is 5.02 Å². The van der Waals surface area contributed by atoms with Crippen LogP contribution in [0.15, 0.2) is 53.6 Å². The summed E-state index contributed by atoms with van der Waals surface area (Å²) < 4.78 is 23.2. The number of hydrogen-bond acceptors (Lipinski definition) is 4. The van der Waals surface area contributed by atoms with Crippen LogP contribution in [0.25, 0.3) is 10.9 Å². The van der Waals surface area contributed by atoms with Crippen molar-refractivity contribution in [1.82, 2.24) is 4.98 Å². The van der Waals surface area contributed by atoms with Crippen molar-refractivity contribution in [2.75, 3.05) is 5.32 Å². The quantitative estimate of drug-likeness (QED) is 0.734. The average Bonchev–Trinajstić information content (AvgIpc) is 2.54. The molecule has 0 spiro atoms. The minimum absolute atomic E-state index is 0.0422. The number of anilines is 1. The normalized spacial score (nSPS) is 11.5. The van der Waals surface area contributed by atoms with E-state index < -0.39 is 15.9 Å². The largest absolute Gasteiger partial charge is 0.322 e. The van der Waals surface area contributed by atoms with Gasteiger partial charge in [-0.2, -0.15) is 0 Å². The molecule has 0 saturated heterocycles. The predicted octanol–water partition coefficient (Wildman–Crippen LogP) is 3.10. The first-order valence-corrected chi connectivity index (χ1v) is 9.17. The van der Waals surface area contributed by atoms with E-state index in [1.54, 1.807) is 43.5 Å². The second-order valence-corrected chi connectivity index (χ2v) is 7.47. The Kier molecular flexibility index (Phi) is 4.47. The second kappa shape index (κ2) is 6.44. The number of nitrogens with zero attached hydrogens (tertiary/aromatic N) is 1. The minimum Gasteiger partial charge on any atom is -0.322 e. The van der Waals surface area contributed by atoms with Gasteiger partial charge in [-0.15, -0.1) is 0 Å². The van der Waals surface area contributed by atoms with Crippen molar-refractivity contribution in [2.24, 2.45) is 5.14 Å². The van der Waals surface area contributed by atoms with Gasteiger partial charge in [0.15, 0.2) is 0 Å². The van der Waals surface area contributed by atoms with Gasteiger partial charge >= 0.3 is 0 Å². The van der Waals surface area contributed by atoms with Gasteiger partial charge in [0.05, 0.1) is 16.0 Å². The highest BCUT2D eigenvalue weighted by atomic mass is 35.5. The molecule has 0 unspecified atom stereocenters. The molecule has 3 rings (SSSR count). The highest BCUT2D eigenvalue weighted by Crippen LogP contribution is 2.24. The number of aryl methyl sites for hydroxylation is 1. The van der Waals surface area contributed by atoms with Crippen LogP contribution in [0, 0.1) is 6.92 Å². The summed E-state index contributed by atoms with van der Waals surface area (Å²) in [4.78, 5) is 16.8. The Morgan fingerprint density at radius 1 is 1.20 bits per heavy atom. The van der Waals surface area contributed by atoms with Crippen molar-refractivity contribution >= 4 is 44.1 Å². The van der Waals surface area contributed by atoms with Gasteiger partial charge in [0.25, 0.3) is 5.91 Å². The fourth-order valence-corrected chi connectivity index (χ4v) is 3.55. The summed E-state index contributed by atoms with van der Waals surface area (Å²) in [6.45, 7) is 1.62. The van der Waals surface area contributed by atoms with Crippen LogP contribution in [0.3, 0.4) is 0 Å². The van der Waals surface area contributed by atoms with Crippen molar-refractivity contribution in [3.63, 3.8) is 0 Å². The van der Waals surface area contributed by atoms with Crippen LogP contribution in [0.4, 0.5) is 5.69 Å². The number of halogens is 1.